The average molecular weight is 484 g/mol. The number of hydrogen-bond donors (Lipinski definition) is 0. The Morgan fingerprint density at radius 1 is 1.23 bits per heavy atom. The third kappa shape index (κ3) is 4.02. The monoisotopic (exact) mass is 483 g/mol. The Morgan fingerprint density at radius 2 is 2.04 bits per heavy atom. The molecule has 0 spiro atoms. The zero-order valence-corrected chi connectivity index (χ0v) is 17.0. The quantitative estimate of drug-likeness (QED) is 0.352. The molecule has 0 saturated heterocycles. The van der Waals surface area contributed by atoms with Gasteiger partial charge in [0.15, 0.2) is 17.2 Å². The van der Waals surface area contributed by atoms with E-state index in [1.165, 1.54) is 0 Å². The molecule has 0 amide bonds. The molecule has 0 bridgehead atoms. The summed E-state index contributed by atoms with van der Waals surface area (Å²) in [5.74, 6) is 0.892. The van der Waals surface area contributed by atoms with E-state index in [0.29, 0.717) is 28.7 Å². The first-order valence-corrected chi connectivity index (χ1v) is 9.26. The van der Waals surface area contributed by atoms with Crippen molar-refractivity contribution >= 4 is 52.1 Å². The molecular weight excluding hydrogens is 469 g/mol. The molecule has 0 atom stereocenters. The maximum Gasteiger partial charge on any atom is 0.363 e. The summed E-state index contributed by atoms with van der Waals surface area (Å²) in [5, 5.41) is 0.473. The van der Waals surface area contributed by atoms with Gasteiger partial charge >= 0.3 is 5.97 Å². The van der Waals surface area contributed by atoms with E-state index in [9.17, 15) is 4.79 Å². The highest BCUT2D eigenvalue weighted by molar-refractivity contribution is 14.1. The highest BCUT2D eigenvalue weighted by Gasteiger charge is 2.26. The maximum atomic E-state index is 12.2. The smallest absolute Gasteiger partial charge is 0.363 e. The predicted molar refractivity (Wildman–Crippen MR) is 109 cm³/mol. The van der Waals surface area contributed by atoms with Crippen LogP contribution in [0.2, 0.25) is 5.02 Å². The van der Waals surface area contributed by atoms with Crippen LogP contribution in [0.15, 0.2) is 47.1 Å². The summed E-state index contributed by atoms with van der Waals surface area (Å²) in [4.78, 5) is 16.5. The summed E-state index contributed by atoms with van der Waals surface area (Å²) in [7, 11) is 1.56. The Bertz CT molecular complexity index is 924. The molecule has 5 nitrogen and oxygen atoms in total. The molecule has 0 unspecified atom stereocenters. The van der Waals surface area contributed by atoms with Gasteiger partial charge < -0.3 is 14.2 Å². The average Bonchev–Trinajstić information content (AvgIpc) is 2.99. The largest absolute Gasteiger partial charge is 0.493 e. The van der Waals surface area contributed by atoms with Gasteiger partial charge in [0.2, 0.25) is 5.90 Å². The topological polar surface area (TPSA) is 57.1 Å². The molecule has 0 radical (unpaired) electrons. The van der Waals surface area contributed by atoms with Gasteiger partial charge in [-0.05, 0) is 71.5 Å². The summed E-state index contributed by atoms with van der Waals surface area (Å²) in [6, 6.07) is 10.8. The number of cyclic esters (lactones) is 1. The van der Waals surface area contributed by atoms with Crippen LogP contribution in [0.25, 0.3) is 6.08 Å². The summed E-state index contributed by atoms with van der Waals surface area (Å²) < 4.78 is 17.1. The van der Waals surface area contributed by atoms with Crippen molar-refractivity contribution in [3.63, 3.8) is 0 Å². The van der Waals surface area contributed by atoms with E-state index in [0.717, 1.165) is 9.13 Å². The van der Waals surface area contributed by atoms with Gasteiger partial charge in [0, 0.05) is 3.57 Å². The Morgan fingerprint density at radius 3 is 2.77 bits per heavy atom. The molecule has 26 heavy (non-hydrogen) atoms. The molecule has 1 aliphatic heterocycles. The van der Waals surface area contributed by atoms with E-state index in [1.54, 1.807) is 31.4 Å². The summed E-state index contributed by atoms with van der Waals surface area (Å²) in [6.45, 7) is 2.43. The number of esters is 1. The molecule has 134 valence electrons. The van der Waals surface area contributed by atoms with Crippen LogP contribution in [0, 0.1) is 3.57 Å². The third-order valence-corrected chi connectivity index (χ3v) is 4.57. The molecule has 0 N–H and O–H groups in total. The van der Waals surface area contributed by atoms with Gasteiger partial charge in [0.25, 0.3) is 0 Å². The molecular formula is C19H15ClINO4. The van der Waals surface area contributed by atoms with Crippen molar-refractivity contribution in [2.45, 2.75) is 6.92 Å². The summed E-state index contributed by atoms with van der Waals surface area (Å²) in [6.07, 6.45) is 1.63. The summed E-state index contributed by atoms with van der Waals surface area (Å²) in [5.41, 5.74) is 1.52. The van der Waals surface area contributed by atoms with Gasteiger partial charge in [-0.15, -0.1) is 0 Å². The van der Waals surface area contributed by atoms with Gasteiger partial charge in [0.05, 0.1) is 24.3 Å². The molecule has 0 aromatic heterocycles. The molecule has 0 saturated carbocycles. The number of carbonyl (C=O) groups is 1. The first-order chi connectivity index (χ1) is 12.5. The van der Waals surface area contributed by atoms with E-state index in [2.05, 4.69) is 27.6 Å². The lowest BCUT2D eigenvalue weighted by atomic mass is 10.1. The van der Waals surface area contributed by atoms with E-state index in [-0.39, 0.29) is 11.6 Å². The van der Waals surface area contributed by atoms with E-state index < -0.39 is 5.97 Å². The normalized spacial score (nSPS) is 15.0. The number of aliphatic imine (C=N–C) groups is 1. The van der Waals surface area contributed by atoms with Gasteiger partial charge in [-0.1, -0.05) is 17.7 Å². The van der Waals surface area contributed by atoms with Crippen molar-refractivity contribution < 1.29 is 19.0 Å². The lowest BCUT2D eigenvalue weighted by Gasteiger charge is -2.09. The Hall–Kier alpha value is -2.06. The fourth-order valence-corrected chi connectivity index (χ4v) is 3.08. The van der Waals surface area contributed by atoms with Crippen LogP contribution in [0.4, 0.5) is 0 Å². The second-order valence-corrected chi connectivity index (χ2v) is 6.96. The summed E-state index contributed by atoms with van der Waals surface area (Å²) >= 11 is 8.35. The van der Waals surface area contributed by atoms with Gasteiger partial charge in [0.1, 0.15) is 0 Å². The number of benzene rings is 2. The first-order valence-electron chi connectivity index (χ1n) is 7.80. The van der Waals surface area contributed by atoms with E-state index in [4.69, 9.17) is 25.8 Å². The molecule has 1 heterocycles. The van der Waals surface area contributed by atoms with E-state index in [1.807, 2.05) is 25.1 Å². The maximum absolute atomic E-state index is 12.2. The van der Waals surface area contributed by atoms with Crippen LogP contribution in [0.1, 0.15) is 18.1 Å². The minimum atomic E-state index is -0.525. The zero-order chi connectivity index (χ0) is 18.7. The number of ether oxygens (including phenoxy) is 3. The Labute approximate surface area is 169 Å². The standard InChI is InChI=1S/C19H15ClINO4/c1-3-25-16-7-4-11(9-17(16)24-2)8-15-19(23)26-18(22-15)13-10-12(21)5-6-14(13)20/h4-10H,3H2,1-2H3/b15-8+. The van der Waals surface area contributed by atoms with Crippen LogP contribution >= 0.6 is 34.2 Å². The van der Waals surface area contributed by atoms with Crippen LogP contribution in [-0.2, 0) is 9.53 Å². The number of methoxy groups -OCH3 is 1. The van der Waals surface area contributed by atoms with Crippen molar-refractivity contribution in [3.05, 3.63) is 61.8 Å². The van der Waals surface area contributed by atoms with E-state index >= 15 is 0 Å². The second kappa shape index (κ2) is 8.09. The second-order valence-electron chi connectivity index (χ2n) is 5.30. The van der Waals surface area contributed by atoms with Crippen LogP contribution in [-0.4, -0.2) is 25.6 Å². The van der Waals surface area contributed by atoms with Crippen LogP contribution < -0.4 is 9.47 Å². The molecule has 7 heteroatoms. The van der Waals surface area contributed by atoms with Crippen LogP contribution in [0.5, 0.6) is 11.5 Å². The predicted octanol–water partition coefficient (Wildman–Crippen LogP) is 4.70. The fourth-order valence-electron chi connectivity index (χ4n) is 2.39. The van der Waals surface area contributed by atoms with Gasteiger partial charge in [-0.25, -0.2) is 9.79 Å². The number of nitrogens with zero attached hydrogens (tertiary/aromatic N) is 1. The van der Waals surface area contributed by atoms with Crippen LogP contribution in [0.3, 0.4) is 0 Å². The number of rotatable bonds is 5. The number of hydrogen-bond acceptors (Lipinski definition) is 5. The Kier molecular flexibility index (Phi) is 5.83. The zero-order valence-electron chi connectivity index (χ0n) is 14.1. The van der Waals surface area contributed by atoms with Gasteiger partial charge in [-0.3, -0.25) is 0 Å². The highest BCUT2D eigenvalue weighted by atomic mass is 127. The van der Waals surface area contributed by atoms with Crippen molar-refractivity contribution in [2.75, 3.05) is 13.7 Å². The molecule has 0 aliphatic carbocycles. The third-order valence-electron chi connectivity index (χ3n) is 3.57. The van der Waals surface area contributed by atoms with Crippen molar-refractivity contribution in [1.29, 1.82) is 0 Å². The molecule has 3 rings (SSSR count). The van der Waals surface area contributed by atoms with Crippen molar-refractivity contribution in [3.8, 4) is 11.5 Å². The minimum Gasteiger partial charge on any atom is -0.493 e. The number of halogens is 2. The van der Waals surface area contributed by atoms with Crippen molar-refractivity contribution in [1.82, 2.24) is 0 Å². The minimum absolute atomic E-state index is 0.196. The molecule has 1 aliphatic rings. The molecule has 2 aromatic rings. The van der Waals surface area contributed by atoms with Gasteiger partial charge in [-0.2, -0.15) is 0 Å². The first kappa shape index (κ1) is 18.7. The molecule has 2 aromatic carbocycles. The SMILES string of the molecule is CCOc1ccc(/C=C2/N=C(c3cc(I)ccc3Cl)OC2=O)cc1OC. The Balaban J connectivity index is 1.95. The molecule has 0 fully saturated rings. The fraction of sp³-hybridized carbons (Fsp3) is 0.158. The highest BCUT2D eigenvalue weighted by Crippen LogP contribution is 2.30. The number of carbonyl (C=O) groups excluding carboxylic acids is 1. The lowest BCUT2D eigenvalue weighted by molar-refractivity contribution is -0.129. The van der Waals surface area contributed by atoms with Crippen molar-refractivity contribution in [2.24, 2.45) is 4.99 Å². The lowest BCUT2D eigenvalue weighted by Crippen LogP contribution is -2.06.